The van der Waals surface area contributed by atoms with Gasteiger partial charge in [0, 0.05) is 37.6 Å². The predicted molar refractivity (Wildman–Crippen MR) is 129 cm³/mol. The highest BCUT2D eigenvalue weighted by Gasteiger charge is 2.26. The van der Waals surface area contributed by atoms with Gasteiger partial charge in [-0.3, -0.25) is 14.3 Å². The first-order chi connectivity index (χ1) is 16.1. The van der Waals surface area contributed by atoms with Crippen molar-refractivity contribution in [3.8, 4) is 0 Å². The van der Waals surface area contributed by atoms with E-state index in [1.807, 2.05) is 37.4 Å². The van der Waals surface area contributed by atoms with Crippen molar-refractivity contribution in [3.63, 3.8) is 0 Å². The lowest BCUT2D eigenvalue weighted by Crippen LogP contribution is -2.38. The first-order valence-electron chi connectivity index (χ1n) is 10.9. The Morgan fingerprint density at radius 1 is 1.18 bits per heavy atom. The van der Waals surface area contributed by atoms with Crippen LogP contribution in [0.4, 0.5) is 0 Å². The number of fused-ring (bicyclic) bond motifs is 1. The maximum Gasteiger partial charge on any atom is 0.344 e. The second-order valence-electron chi connectivity index (χ2n) is 7.78. The first-order valence-corrected chi connectivity index (χ1v) is 11.8. The van der Waals surface area contributed by atoms with Crippen LogP contribution in [0.3, 0.4) is 0 Å². The maximum atomic E-state index is 13.5. The summed E-state index contributed by atoms with van der Waals surface area (Å²) >= 11 is 1.38. The molecule has 0 spiro atoms. The van der Waals surface area contributed by atoms with E-state index in [1.54, 1.807) is 22.5 Å². The minimum atomic E-state index is -0.374. The summed E-state index contributed by atoms with van der Waals surface area (Å²) in [6.45, 7) is 4.57. The number of hydrogen-bond acceptors (Lipinski definition) is 8. The van der Waals surface area contributed by atoms with Crippen LogP contribution in [-0.4, -0.2) is 49.5 Å². The monoisotopic (exact) mass is 465 g/mol. The molecule has 4 rings (SSSR count). The SMILES string of the molecule is CCC(c1nc2scnc2c(=O)n1Cc1ccccc1)N(CCNC)Cc1cnc(=O)[nH]c1. The molecule has 0 aliphatic heterocycles. The van der Waals surface area contributed by atoms with Crippen molar-refractivity contribution in [3.05, 3.63) is 86.0 Å². The van der Waals surface area contributed by atoms with Gasteiger partial charge in [-0.05, 0) is 19.0 Å². The molecule has 4 aromatic rings. The van der Waals surface area contributed by atoms with E-state index >= 15 is 0 Å². The fraction of sp³-hybridized carbons (Fsp3) is 0.348. The third-order valence-corrected chi connectivity index (χ3v) is 6.28. The van der Waals surface area contributed by atoms with Gasteiger partial charge in [0.1, 0.15) is 5.82 Å². The zero-order chi connectivity index (χ0) is 23.2. The fourth-order valence-electron chi connectivity index (χ4n) is 3.93. The summed E-state index contributed by atoms with van der Waals surface area (Å²) in [4.78, 5) is 43.5. The summed E-state index contributed by atoms with van der Waals surface area (Å²) in [6, 6.07) is 9.79. The quantitative estimate of drug-likeness (QED) is 0.369. The standard InChI is InChI=1S/C23H27N7O2S/c1-3-18(29(10-9-24-2)13-17-11-25-23(32)26-12-17)20-28-21-19(27-15-33-21)22(31)30(20)14-16-7-5-4-6-8-16/h4-8,11-12,15,18,24H,3,9-10,13-14H2,1-2H3,(H,25,26,32). The van der Waals surface area contributed by atoms with Crippen molar-refractivity contribution in [2.75, 3.05) is 20.1 Å². The minimum absolute atomic E-state index is 0.117. The van der Waals surface area contributed by atoms with Gasteiger partial charge < -0.3 is 10.3 Å². The number of aromatic nitrogens is 5. The molecule has 0 saturated carbocycles. The van der Waals surface area contributed by atoms with E-state index in [-0.39, 0.29) is 17.3 Å². The summed E-state index contributed by atoms with van der Waals surface area (Å²) in [6.07, 6.45) is 4.03. The van der Waals surface area contributed by atoms with Crippen LogP contribution in [0.1, 0.15) is 36.3 Å². The number of likely N-dealkylation sites (N-methyl/N-ethyl adjacent to an activating group) is 1. The summed E-state index contributed by atoms with van der Waals surface area (Å²) in [5.74, 6) is 0.719. The molecular weight excluding hydrogens is 438 g/mol. The molecule has 1 aromatic carbocycles. The number of hydrogen-bond donors (Lipinski definition) is 2. The Labute approximate surface area is 195 Å². The number of nitrogens with zero attached hydrogens (tertiary/aromatic N) is 5. The molecule has 33 heavy (non-hydrogen) atoms. The molecule has 0 radical (unpaired) electrons. The van der Waals surface area contributed by atoms with E-state index in [9.17, 15) is 9.59 Å². The van der Waals surface area contributed by atoms with Crippen LogP contribution in [0.25, 0.3) is 10.3 Å². The first kappa shape index (κ1) is 23.0. The highest BCUT2D eigenvalue weighted by molar-refractivity contribution is 7.16. The Morgan fingerprint density at radius 3 is 2.70 bits per heavy atom. The van der Waals surface area contributed by atoms with Gasteiger partial charge in [-0.25, -0.2) is 19.7 Å². The molecule has 0 aliphatic rings. The molecule has 3 aromatic heterocycles. The van der Waals surface area contributed by atoms with Crippen LogP contribution in [0.2, 0.25) is 0 Å². The molecule has 2 N–H and O–H groups in total. The second-order valence-corrected chi connectivity index (χ2v) is 8.61. The van der Waals surface area contributed by atoms with Crippen LogP contribution >= 0.6 is 11.3 Å². The van der Waals surface area contributed by atoms with Crippen molar-refractivity contribution >= 4 is 21.7 Å². The number of nitrogens with one attached hydrogen (secondary N) is 2. The molecule has 9 nitrogen and oxygen atoms in total. The molecule has 3 heterocycles. The summed E-state index contributed by atoms with van der Waals surface area (Å²) in [7, 11) is 1.91. The van der Waals surface area contributed by atoms with Crippen LogP contribution < -0.4 is 16.6 Å². The van der Waals surface area contributed by atoms with Gasteiger partial charge in [0.05, 0.1) is 18.1 Å². The Balaban J connectivity index is 1.79. The second kappa shape index (κ2) is 10.6. The van der Waals surface area contributed by atoms with E-state index in [2.05, 4.69) is 32.1 Å². The minimum Gasteiger partial charge on any atom is -0.318 e. The normalized spacial score (nSPS) is 12.5. The average Bonchev–Trinajstić information content (AvgIpc) is 3.31. The van der Waals surface area contributed by atoms with E-state index in [0.717, 1.165) is 36.5 Å². The lowest BCUT2D eigenvalue weighted by molar-refractivity contribution is 0.172. The van der Waals surface area contributed by atoms with E-state index in [1.165, 1.54) is 11.3 Å². The van der Waals surface area contributed by atoms with Gasteiger partial charge in [-0.1, -0.05) is 37.3 Å². The Bertz CT molecular complexity index is 1300. The third kappa shape index (κ3) is 5.24. The highest BCUT2D eigenvalue weighted by atomic mass is 32.1. The van der Waals surface area contributed by atoms with Gasteiger partial charge in [0.2, 0.25) is 0 Å². The van der Waals surface area contributed by atoms with E-state index in [4.69, 9.17) is 4.98 Å². The van der Waals surface area contributed by atoms with Crippen molar-refractivity contribution in [1.29, 1.82) is 0 Å². The number of rotatable bonds is 10. The van der Waals surface area contributed by atoms with Crippen molar-refractivity contribution in [2.45, 2.75) is 32.5 Å². The summed E-state index contributed by atoms with van der Waals surface area (Å²) in [5, 5.41) is 3.20. The molecule has 1 atom stereocenters. The highest BCUT2D eigenvalue weighted by Crippen LogP contribution is 2.26. The van der Waals surface area contributed by atoms with Gasteiger partial charge in [0.25, 0.3) is 5.56 Å². The van der Waals surface area contributed by atoms with Crippen LogP contribution in [0, 0.1) is 0 Å². The largest absolute Gasteiger partial charge is 0.344 e. The van der Waals surface area contributed by atoms with Crippen LogP contribution in [-0.2, 0) is 13.1 Å². The summed E-state index contributed by atoms with van der Waals surface area (Å²) in [5.41, 5.74) is 3.49. The van der Waals surface area contributed by atoms with Crippen molar-refractivity contribution < 1.29 is 0 Å². The molecule has 0 amide bonds. The van der Waals surface area contributed by atoms with Crippen molar-refractivity contribution in [1.82, 2.24) is 34.7 Å². The molecule has 0 bridgehead atoms. The van der Waals surface area contributed by atoms with Crippen LogP contribution in [0.15, 0.2) is 57.8 Å². The van der Waals surface area contributed by atoms with E-state index < -0.39 is 0 Å². The predicted octanol–water partition coefficient (Wildman–Crippen LogP) is 2.16. The number of thiazole rings is 1. The molecule has 0 fully saturated rings. The molecule has 172 valence electrons. The maximum absolute atomic E-state index is 13.5. The van der Waals surface area contributed by atoms with Gasteiger partial charge >= 0.3 is 5.69 Å². The fourth-order valence-corrected chi connectivity index (χ4v) is 4.59. The Morgan fingerprint density at radius 2 is 2.00 bits per heavy atom. The van der Waals surface area contributed by atoms with E-state index in [0.29, 0.717) is 23.4 Å². The van der Waals surface area contributed by atoms with Gasteiger partial charge in [-0.2, -0.15) is 0 Å². The molecule has 0 aliphatic carbocycles. The molecular formula is C23H27N7O2S. The Kier molecular flexibility index (Phi) is 7.38. The molecule has 0 saturated heterocycles. The van der Waals surface area contributed by atoms with Crippen LogP contribution in [0.5, 0.6) is 0 Å². The smallest absolute Gasteiger partial charge is 0.318 e. The topological polar surface area (TPSA) is 109 Å². The lowest BCUT2D eigenvalue weighted by atomic mass is 10.1. The van der Waals surface area contributed by atoms with Crippen molar-refractivity contribution in [2.24, 2.45) is 0 Å². The summed E-state index contributed by atoms with van der Waals surface area (Å²) < 4.78 is 1.75. The van der Waals surface area contributed by atoms with Gasteiger partial charge in [-0.15, -0.1) is 11.3 Å². The third-order valence-electron chi connectivity index (χ3n) is 5.56. The zero-order valence-electron chi connectivity index (χ0n) is 18.7. The number of benzene rings is 1. The number of aromatic amines is 1. The number of H-pyrrole nitrogens is 1. The molecule has 1 unspecified atom stereocenters. The average molecular weight is 466 g/mol. The van der Waals surface area contributed by atoms with Gasteiger partial charge in [0.15, 0.2) is 10.3 Å². The Hall–Kier alpha value is -3.21. The zero-order valence-corrected chi connectivity index (χ0v) is 19.5. The lowest BCUT2D eigenvalue weighted by Gasteiger charge is -2.32. The molecule has 10 heteroatoms.